The number of nitrogen functional groups attached to an aromatic ring is 1. The maximum atomic E-state index is 9.29. The van der Waals surface area contributed by atoms with Crippen molar-refractivity contribution in [3.63, 3.8) is 0 Å². The van der Waals surface area contributed by atoms with Crippen LogP contribution >= 0.6 is 0 Å². The van der Waals surface area contributed by atoms with E-state index >= 15 is 0 Å². The fourth-order valence-corrected chi connectivity index (χ4v) is 1.64. The van der Waals surface area contributed by atoms with Crippen LogP contribution in [0.1, 0.15) is 0 Å². The molecule has 1 aromatic carbocycles. The third kappa shape index (κ3) is 2.46. The van der Waals surface area contributed by atoms with E-state index in [1.807, 2.05) is 18.2 Å². The molecule has 5 N–H and O–H groups in total. The number of fused-ring (bicyclic) bond motifs is 1. The molecule has 0 spiro atoms. The molecule has 1 heterocycles. The lowest BCUT2D eigenvalue weighted by molar-refractivity contribution is 0.105. The molecular weight excluding hydrogens is 218 g/mol. The van der Waals surface area contributed by atoms with Gasteiger partial charge in [0.05, 0.1) is 23.9 Å². The zero-order valence-electron chi connectivity index (χ0n) is 9.30. The van der Waals surface area contributed by atoms with Gasteiger partial charge in [0.15, 0.2) is 0 Å². The lowest BCUT2D eigenvalue weighted by Crippen LogP contribution is -2.23. The van der Waals surface area contributed by atoms with E-state index in [0.717, 1.165) is 16.6 Å². The molecule has 0 bridgehead atoms. The molecule has 5 nitrogen and oxygen atoms in total. The summed E-state index contributed by atoms with van der Waals surface area (Å²) in [6.07, 6.45) is 0.907. The molecule has 90 valence electrons. The minimum Gasteiger partial charge on any atom is -0.397 e. The number of aliphatic hydroxyl groups excluding tert-OH is 2. The van der Waals surface area contributed by atoms with Crippen LogP contribution < -0.4 is 11.1 Å². The third-order valence-electron chi connectivity index (χ3n) is 2.54. The number of benzene rings is 1. The van der Waals surface area contributed by atoms with Gasteiger partial charge in [0, 0.05) is 23.8 Å². The zero-order chi connectivity index (χ0) is 12.3. The van der Waals surface area contributed by atoms with Gasteiger partial charge in [-0.2, -0.15) is 0 Å². The summed E-state index contributed by atoms with van der Waals surface area (Å²) < 4.78 is 0. The Morgan fingerprint density at radius 1 is 1.35 bits per heavy atom. The molecule has 1 atom stereocenters. The Labute approximate surface area is 98.9 Å². The highest BCUT2D eigenvalue weighted by molar-refractivity contribution is 5.98. The van der Waals surface area contributed by atoms with Crippen molar-refractivity contribution in [1.29, 1.82) is 0 Å². The maximum Gasteiger partial charge on any atom is 0.0951 e. The summed E-state index contributed by atoms with van der Waals surface area (Å²) in [5.74, 6) is 0. The van der Waals surface area contributed by atoms with Gasteiger partial charge >= 0.3 is 0 Å². The molecular formula is C12H15N3O2. The second-order valence-electron chi connectivity index (χ2n) is 3.82. The summed E-state index contributed by atoms with van der Waals surface area (Å²) >= 11 is 0. The maximum absolute atomic E-state index is 9.29. The van der Waals surface area contributed by atoms with Crippen molar-refractivity contribution >= 4 is 22.3 Å². The normalized spacial score (nSPS) is 12.6. The predicted molar refractivity (Wildman–Crippen MR) is 67.7 cm³/mol. The van der Waals surface area contributed by atoms with E-state index < -0.39 is 6.10 Å². The van der Waals surface area contributed by atoms with Gasteiger partial charge in [0.25, 0.3) is 0 Å². The van der Waals surface area contributed by atoms with Crippen molar-refractivity contribution in [2.75, 3.05) is 24.2 Å². The topological polar surface area (TPSA) is 91.4 Å². The largest absolute Gasteiger partial charge is 0.397 e. The number of nitrogens with one attached hydrogen (secondary N) is 1. The number of aliphatic hydroxyl groups is 2. The van der Waals surface area contributed by atoms with Crippen molar-refractivity contribution in [3.8, 4) is 0 Å². The van der Waals surface area contributed by atoms with E-state index in [-0.39, 0.29) is 13.2 Å². The molecule has 0 aliphatic heterocycles. The summed E-state index contributed by atoms with van der Waals surface area (Å²) in [7, 11) is 0. The van der Waals surface area contributed by atoms with Gasteiger partial charge in [-0.3, -0.25) is 4.98 Å². The molecule has 1 aromatic heterocycles. The number of nitrogens with two attached hydrogens (primary N) is 1. The molecule has 1 unspecified atom stereocenters. The Balaban J connectivity index is 2.32. The molecule has 0 aliphatic rings. The van der Waals surface area contributed by atoms with Gasteiger partial charge in [-0.05, 0) is 24.3 Å². The number of hydrogen-bond donors (Lipinski definition) is 4. The van der Waals surface area contributed by atoms with Crippen molar-refractivity contribution < 1.29 is 10.2 Å². The smallest absolute Gasteiger partial charge is 0.0951 e. The lowest BCUT2D eigenvalue weighted by atomic mass is 10.1. The van der Waals surface area contributed by atoms with Gasteiger partial charge in [0.2, 0.25) is 0 Å². The van der Waals surface area contributed by atoms with Gasteiger partial charge in [0.1, 0.15) is 0 Å². The second kappa shape index (κ2) is 4.99. The third-order valence-corrected chi connectivity index (χ3v) is 2.54. The fourth-order valence-electron chi connectivity index (χ4n) is 1.64. The van der Waals surface area contributed by atoms with Crippen LogP contribution in [0.15, 0.2) is 30.5 Å². The number of hydrogen-bond acceptors (Lipinski definition) is 5. The minimum absolute atomic E-state index is 0.266. The van der Waals surface area contributed by atoms with Crippen molar-refractivity contribution in [2.24, 2.45) is 0 Å². The number of anilines is 2. The Morgan fingerprint density at radius 2 is 2.18 bits per heavy atom. The van der Waals surface area contributed by atoms with Crippen LogP contribution in [0.5, 0.6) is 0 Å². The summed E-state index contributed by atoms with van der Waals surface area (Å²) in [6, 6.07) is 7.34. The highest BCUT2D eigenvalue weighted by Gasteiger charge is 2.06. The van der Waals surface area contributed by atoms with Gasteiger partial charge in [-0.25, -0.2) is 0 Å². The van der Waals surface area contributed by atoms with Crippen LogP contribution in [0.2, 0.25) is 0 Å². The number of rotatable bonds is 4. The number of aromatic nitrogens is 1. The van der Waals surface area contributed by atoms with Crippen LogP contribution in [0.4, 0.5) is 11.4 Å². The Kier molecular flexibility index (Phi) is 3.41. The average molecular weight is 233 g/mol. The van der Waals surface area contributed by atoms with Crippen LogP contribution in [0, 0.1) is 0 Å². The molecule has 0 amide bonds. The van der Waals surface area contributed by atoms with E-state index in [1.54, 1.807) is 12.3 Å². The molecule has 0 fully saturated rings. The van der Waals surface area contributed by atoms with E-state index in [2.05, 4.69) is 10.3 Å². The first-order valence-electron chi connectivity index (χ1n) is 5.38. The quantitative estimate of drug-likeness (QED) is 0.580. The minimum atomic E-state index is -0.778. The van der Waals surface area contributed by atoms with Crippen LogP contribution in [-0.2, 0) is 0 Å². The molecule has 0 aliphatic carbocycles. The summed E-state index contributed by atoms with van der Waals surface area (Å²) in [6.45, 7) is 0.0164. The Bertz CT molecular complexity index is 516. The van der Waals surface area contributed by atoms with Gasteiger partial charge in [-0.15, -0.1) is 0 Å². The highest BCUT2D eigenvalue weighted by atomic mass is 16.3. The Hall–Kier alpha value is -1.85. The molecule has 0 saturated heterocycles. The van der Waals surface area contributed by atoms with Crippen molar-refractivity contribution in [2.45, 2.75) is 6.10 Å². The lowest BCUT2D eigenvalue weighted by Gasteiger charge is -2.13. The zero-order valence-corrected chi connectivity index (χ0v) is 9.30. The molecule has 2 aromatic rings. The van der Waals surface area contributed by atoms with Crippen LogP contribution in [-0.4, -0.2) is 34.5 Å². The monoisotopic (exact) mass is 233 g/mol. The van der Waals surface area contributed by atoms with Gasteiger partial charge < -0.3 is 21.3 Å². The van der Waals surface area contributed by atoms with E-state index in [9.17, 15) is 5.11 Å². The fraction of sp³-hybridized carbons (Fsp3) is 0.250. The van der Waals surface area contributed by atoms with E-state index in [1.165, 1.54) is 0 Å². The average Bonchev–Trinajstić information content (AvgIpc) is 2.38. The first-order chi connectivity index (χ1) is 8.22. The molecule has 0 radical (unpaired) electrons. The van der Waals surface area contributed by atoms with Crippen LogP contribution in [0.25, 0.3) is 10.9 Å². The highest BCUT2D eigenvalue weighted by Crippen LogP contribution is 2.26. The van der Waals surface area contributed by atoms with Crippen LogP contribution in [0.3, 0.4) is 0 Å². The Morgan fingerprint density at radius 3 is 2.94 bits per heavy atom. The predicted octanol–water partition coefficient (Wildman–Crippen LogP) is 0.582. The van der Waals surface area contributed by atoms with E-state index in [0.29, 0.717) is 5.69 Å². The number of nitrogens with zero attached hydrogens (tertiary/aromatic N) is 1. The van der Waals surface area contributed by atoms with Crippen molar-refractivity contribution in [3.05, 3.63) is 30.5 Å². The number of pyridine rings is 1. The first-order valence-corrected chi connectivity index (χ1v) is 5.38. The molecule has 2 rings (SSSR count). The standard InChI is InChI=1S/C12H15N3O2/c13-10-3-4-11(15-6-8(17)7-16)9-2-1-5-14-12(9)10/h1-5,8,15-17H,6-7,13H2. The van der Waals surface area contributed by atoms with Crippen molar-refractivity contribution in [1.82, 2.24) is 4.98 Å². The van der Waals surface area contributed by atoms with E-state index in [4.69, 9.17) is 10.8 Å². The summed E-state index contributed by atoms with van der Waals surface area (Å²) in [4.78, 5) is 4.21. The molecule has 0 saturated carbocycles. The SMILES string of the molecule is Nc1ccc(NCC(O)CO)c2cccnc12. The molecule has 17 heavy (non-hydrogen) atoms. The summed E-state index contributed by atoms with van der Waals surface area (Å²) in [5, 5.41) is 22.0. The molecule has 5 heteroatoms. The van der Waals surface area contributed by atoms with Gasteiger partial charge in [-0.1, -0.05) is 0 Å². The second-order valence-corrected chi connectivity index (χ2v) is 3.82. The summed E-state index contributed by atoms with van der Waals surface area (Å²) in [5.41, 5.74) is 8.02. The first kappa shape index (κ1) is 11.6.